The summed E-state index contributed by atoms with van der Waals surface area (Å²) in [6.07, 6.45) is 0. The van der Waals surface area contributed by atoms with E-state index in [-0.39, 0.29) is 0 Å². The van der Waals surface area contributed by atoms with Crippen LogP contribution in [0.4, 0.5) is 0 Å². The second kappa shape index (κ2) is 4.28. The zero-order valence-corrected chi connectivity index (χ0v) is 8.90. The van der Waals surface area contributed by atoms with Crippen LogP contribution in [0.1, 0.15) is 0 Å². The minimum absolute atomic E-state index is 0.491. The monoisotopic (exact) mass is 220 g/mol. The Kier molecular flexibility index (Phi) is 2.83. The van der Waals surface area contributed by atoms with Crippen molar-refractivity contribution in [3.05, 3.63) is 41.4 Å². The molecule has 1 aromatic carbocycles. The Hall–Kier alpha value is -1.61. The topological polar surface area (TPSA) is 35.0 Å². The summed E-state index contributed by atoms with van der Waals surface area (Å²) in [5, 5.41) is 8.57. The Morgan fingerprint density at radius 3 is 2.47 bits per heavy atom. The number of nitrogens with zero attached hydrogens (tertiary/aromatic N) is 2. The normalized spacial score (nSPS) is 10.0. The molecule has 1 aromatic heterocycles. The van der Waals surface area contributed by atoms with E-state index in [2.05, 4.69) is 10.2 Å². The summed E-state index contributed by atoms with van der Waals surface area (Å²) in [7, 11) is 1.55. The van der Waals surface area contributed by atoms with Crippen LogP contribution >= 0.6 is 11.6 Å². The summed E-state index contributed by atoms with van der Waals surface area (Å²) in [6.45, 7) is 0. The second-order valence-corrected chi connectivity index (χ2v) is 3.35. The molecule has 0 unspecified atom stereocenters. The van der Waals surface area contributed by atoms with Gasteiger partial charge >= 0.3 is 0 Å². The molecule has 15 heavy (non-hydrogen) atoms. The summed E-state index contributed by atoms with van der Waals surface area (Å²) in [5.74, 6) is 0.491. The lowest BCUT2D eigenvalue weighted by Crippen LogP contribution is -1.92. The molecule has 0 aliphatic heterocycles. The predicted molar refractivity (Wildman–Crippen MR) is 59.0 cm³/mol. The standard InChI is InChI=1S/C11H9ClN2O/c1-15-11-7-6-10(13-14-11)8-4-2-3-5-9(8)12/h2-7H,1H3. The van der Waals surface area contributed by atoms with Crippen LogP contribution in [0.5, 0.6) is 5.88 Å². The van der Waals surface area contributed by atoms with Gasteiger partial charge in [0.25, 0.3) is 0 Å². The fourth-order valence-corrected chi connectivity index (χ4v) is 1.47. The van der Waals surface area contributed by atoms with Gasteiger partial charge in [-0.15, -0.1) is 10.2 Å². The first-order valence-corrected chi connectivity index (χ1v) is 4.81. The van der Waals surface area contributed by atoms with E-state index < -0.39 is 0 Å². The van der Waals surface area contributed by atoms with Crippen molar-refractivity contribution in [2.75, 3.05) is 7.11 Å². The third-order valence-electron chi connectivity index (χ3n) is 2.00. The number of hydrogen-bond acceptors (Lipinski definition) is 3. The lowest BCUT2D eigenvalue weighted by molar-refractivity contribution is 0.392. The summed E-state index contributed by atoms with van der Waals surface area (Å²) in [6, 6.07) is 11.1. The molecule has 4 heteroatoms. The molecule has 0 aliphatic carbocycles. The highest BCUT2D eigenvalue weighted by Gasteiger charge is 2.04. The lowest BCUT2D eigenvalue weighted by Gasteiger charge is -2.02. The van der Waals surface area contributed by atoms with E-state index >= 15 is 0 Å². The van der Waals surface area contributed by atoms with Crippen molar-refractivity contribution in [1.82, 2.24) is 10.2 Å². The molecule has 76 valence electrons. The minimum Gasteiger partial charge on any atom is -0.480 e. The molecule has 0 spiro atoms. The third kappa shape index (κ3) is 2.07. The first kappa shape index (κ1) is 9.93. The molecular formula is C11H9ClN2O. The number of benzene rings is 1. The molecule has 3 nitrogen and oxygen atoms in total. The highest BCUT2D eigenvalue weighted by molar-refractivity contribution is 6.33. The van der Waals surface area contributed by atoms with Gasteiger partial charge < -0.3 is 4.74 Å². The molecule has 0 bridgehead atoms. The van der Waals surface area contributed by atoms with Crippen molar-refractivity contribution < 1.29 is 4.74 Å². The van der Waals surface area contributed by atoms with Gasteiger partial charge in [0.05, 0.1) is 17.8 Å². The number of methoxy groups -OCH3 is 1. The highest BCUT2D eigenvalue weighted by Crippen LogP contribution is 2.25. The molecule has 0 aliphatic rings. The maximum Gasteiger partial charge on any atom is 0.233 e. The number of rotatable bonds is 2. The Labute approximate surface area is 92.7 Å². The van der Waals surface area contributed by atoms with Crippen molar-refractivity contribution in [3.63, 3.8) is 0 Å². The van der Waals surface area contributed by atoms with Gasteiger partial charge in [0, 0.05) is 11.6 Å². The summed E-state index contributed by atoms with van der Waals surface area (Å²) >= 11 is 6.03. The third-order valence-corrected chi connectivity index (χ3v) is 2.33. The maximum absolute atomic E-state index is 6.03. The molecule has 0 N–H and O–H groups in total. The molecule has 0 saturated carbocycles. The molecule has 0 atom stereocenters. The van der Waals surface area contributed by atoms with Crippen LogP contribution in [0.3, 0.4) is 0 Å². The van der Waals surface area contributed by atoms with E-state index in [0.717, 1.165) is 11.3 Å². The molecule has 0 saturated heterocycles. The van der Waals surface area contributed by atoms with Crippen LogP contribution in [-0.2, 0) is 0 Å². The molecule has 0 amide bonds. The van der Waals surface area contributed by atoms with E-state index in [0.29, 0.717) is 10.9 Å². The number of ether oxygens (including phenoxy) is 1. The highest BCUT2D eigenvalue weighted by atomic mass is 35.5. The molecule has 2 aromatic rings. The van der Waals surface area contributed by atoms with Crippen LogP contribution in [0.25, 0.3) is 11.3 Å². The fourth-order valence-electron chi connectivity index (χ4n) is 1.24. The van der Waals surface area contributed by atoms with E-state index in [4.69, 9.17) is 16.3 Å². The quantitative estimate of drug-likeness (QED) is 0.781. The molecule has 0 radical (unpaired) electrons. The lowest BCUT2D eigenvalue weighted by atomic mass is 10.1. The van der Waals surface area contributed by atoms with E-state index in [9.17, 15) is 0 Å². The van der Waals surface area contributed by atoms with Crippen molar-refractivity contribution in [2.45, 2.75) is 0 Å². The van der Waals surface area contributed by atoms with Crippen LogP contribution < -0.4 is 4.74 Å². The van der Waals surface area contributed by atoms with Crippen molar-refractivity contribution >= 4 is 11.6 Å². The minimum atomic E-state index is 0.491. The molecule has 1 heterocycles. The van der Waals surface area contributed by atoms with Gasteiger partial charge in [-0.05, 0) is 12.1 Å². The van der Waals surface area contributed by atoms with Crippen LogP contribution in [0, 0.1) is 0 Å². The van der Waals surface area contributed by atoms with Gasteiger partial charge in [-0.1, -0.05) is 29.8 Å². The number of aromatic nitrogens is 2. The first-order valence-electron chi connectivity index (χ1n) is 4.44. The van der Waals surface area contributed by atoms with E-state index in [1.165, 1.54) is 0 Å². The maximum atomic E-state index is 6.03. The van der Waals surface area contributed by atoms with Gasteiger partial charge in [0.1, 0.15) is 0 Å². The van der Waals surface area contributed by atoms with Gasteiger partial charge in [0.15, 0.2) is 0 Å². The van der Waals surface area contributed by atoms with Gasteiger partial charge in [-0.2, -0.15) is 0 Å². The van der Waals surface area contributed by atoms with Gasteiger partial charge in [-0.25, -0.2) is 0 Å². The summed E-state index contributed by atoms with van der Waals surface area (Å²) < 4.78 is 4.93. The Balaban J connectivity index is 2.42. The zero-order valence-electron chi connectivity index (χ0n) is 8.14. The molecule has 2 rings (SSSR count). The van der Waals surface area contributed by atoms with Crippen molar-refractivity contribution in [3.8, 4) is 17.1 Å². The average molecular weight is 221 g/mol. The summed E-state index contributed by atoms with van der Waals surface area (Å²) in [4.78, 5) is 0. The molecule has 0 fully saturated rings. The smallest absolute Gasteiger partial charge is 0.233 e. The number of hydrogen-bond donors (Lipinski definition) is 0. The zero-order chi connectivity index (χ0) is 10.7. The Morgan fingerprint density at radius 1 is 1.07 bits per heavy atom. The Morgan fingerprint density at radius 2 is 1.87 bits per heavy atom. The first-order chi connectivity index (χ1) is 7.31. The fraction of sp³-hybridized carbons (Fsp3) is 0.0909. The molecular weight excluding hydrogens is 212 g/mol. The second-order valence-electron chi connectivity index (χ2n) is 2.94. The van der Waals surface area contributed by atoms with Crippen LogP contribution in [0.2, 0.25) is 5.02 Å². The summed E-state index contributed by atoms with van der Waals surface area (Å²) in [5.41, 5.74) is 1.61. The van der Waals surface area contributed by atoms with Crippen LogP contribution in [-0.4, -0.2) is 17.3 Å². The SMILES string of the molecule is COc1ccc(-c2ccccc2Cl)nn1. The van der Waals surface area contributed by atoms with E-state index in [1.54, 1.807) is 13.2 Å². The van der Waals surface area contributed by atoms with Gasteiger partial charge in [0.2, 0.25) is 5.88 Å². The number of halogens is 1. The average Bonchev–Trinajstić information content (AvgIpc) is 2.30. The van der Waals surface area contributed by atoms with Crippen LogP contribution in [0.15, 0.2) is 36.4 Å². The largest absolute Gasteiger partial charge is 0.480 e. The van der Waals surface area contributed by atoms with Crippen molar-refractivity contribution in [1.29, 1.82) is 0 Å². The van der Waals surface area contributed by atoms with Gasteiger partial charge in [-0.3, -0.25) is 0 Å². The van der Waals surface area contributed by atoms with E-state index in [1.807, 2.05) is 30.3 Å². The van der Waals surface area contributed by atoms with Crippen molar-refractivity contribution in [2.24, 2.45) is 0 Å². The Bertz CT molecular complexity index is 456. The predicted octanol–water partition coefficient (Wildman–Crippen LogP) is 2.81.